The van der Waals surface area contributed by atoms with E-state index in [1.54, 1.807) is 0 Å². The summed E-state index contributed by atoms with van der Waals surface area (Å²) in [5, 5.41) is 2.13. The molecule has 0 aliphatic carbocycles. The Morgan fingerprint density at radius 3 is 2.11 bits per heavy atom. The second kappa shape index (κ2) is 6.97. The van der Waals surface area contributed by atoms with E-state index in [9.17, 15) is 18.0 Å². The van der Waals surface area contributed by atoms with E-state index in [0.717, 1.165) is 20.3 Å². The second-order valence-electron chi connectivity index (χ2n) is 3.19. The van der Waals surface area contributed by atoms with Gasteiger partial charge in [-0.15, -0.1) is 0 Å². The Bertz CT molecular complexity index is 452. The lowest BCUT2D eigenvalue weighted by molar-refractivity contribution is -0.138. The van der Waals surface area contributed by atoms with Crippen LogP contribution in [0.3, 0.4) is 0 Å². The van der Waals surface area contributed by atoms with Gasteiger partial charge >= 0.3 is 16.1 Å². The number of esters is 1. The Hall–Kier alpha value is -1.61. The summed E-state index contributed by atoms with van der Waals surface area (Å²) in [7, 11) is -1.51. The molecule has 0 radical (unpaired) electrons. The molecule has 0 aliphatic heterocycles. The molecule has 0 unspecified atom stereocenters. The molecule has 0 saturated heterocycles. The van der Waals surface area contributed by atoms with Crippen molar-refractivity contribution in [3.05, 3.63) is 11.5 Å². The van der Waals surface area contributed by atoms with Gasteiger partial charge in [-0.25, -0.2) is 4.79 Å². The molecule has 0 aromatic carbocycles. The first kappa shape index (κ1) is 16.4. The molecular formula is C9H15NO7S. The minimum Gasteiger partial charge on any atom is -0.464 e. The van der Waals surface area contributed by atoms with Crippen LogP contribution >= 0.6 is 0 Å². The van der Waals surface area contributed by atoms with Crippen molar-refractivity contribution in [2.24, 2.45) is 0 Å². The van der Waals surface area contributed by atoms with Crippen LogP contribution < -0.4 is 5.32 Å². The fourth-order valence-corrected chi connectivity index (χ4v) is 1.46. The lowest BCUT2D eigenvalue weighted by Crippen LogP contribution is -2.29. The molecule has 0 atom stereocenters. The Morgan fingerprint density at radius 2 is 1.78 bits per heavy atom. The van der Waals surface area contributed by atoms with E-state index in [2.05, 4.69) is 14.2 Å². The average Bonchev–Trinajstić information content (AvgIpc) is 2.22. The van der Waals surface area contributed by atoms with E-state index in [1.807, 2.05) is 0 Å². The quantitative estimate of drug-likeness (QED) is 0.292. The van der Waals surface area contributed by atoms with Crippen LogP contribution in [0.5, 0.6) is 0 Å². The molecule has 0 fully saturated rings. The number of amides is 1. The summed E-state index contributed by atoms with van der Waals surface area (Å²) in [6.07, 6.45) is 0.797. The summed E-state index contributed by atoms with van der Waals surface area (Å²) in [5.74, 6) is -1.89. The first-order valence-corrected chi connectivity index (χ1v) is 6.50. The highest BCUT2D eigenvalue weighted by Crippen LogP contribution is 2.09. The van der Waals surface area contributed by atoms with Gasteiger partial charge in [0.1, 0.15) is 6.61 Å². The van der Waals surface area contributed by atoms with Crippen LogP contribution in [0.15, 0.2) is 11.5 Å². The molecule has 0 aromatic rings. The van der Waals surface area contributed by atoms with Gasteiger partial charge < -0.3 is 19.0 Å². The SMILES string of the molecule is COCC(OS(C)(=O)=O)=C(NC(C)=O)C(=O)OC. The number of hydrogen-bond donors (Lipinski definition) is 1. The summed E-state index contributed by atoms with van der Waals surface area (Å²) in [6, 6.07) is 0. The Kier molecular flexibility index (Phi) is 6.34. The summed E-state index contributed by atoms with van der Waals surface area (Å²) in [6.45, 7) is 0.825. The van der Waals surface area contributed by atoms with E-state index in [1.165, 1.54) is 7.11 Å². The third kappa shape index (κ3) is 6.21. The zero-order valence-electron chi connectivity index (χ0n) is 10.5. The molecule has 0 aromatic heterocycles. The van der Waals surface area contributed by atoms with E-state index >= 15 is 0 Å². The monoisotopic (exact) mass is 281 g/mol. The van der Waals surface area contributed by atoms with Crippen molar-refractivity contribution < 1.29 is 31.7 Å². The molecule has 0 aliphatic rings. The number of carbonyl (C=O) groups excluding carboxylic acids is 2. The van der Waals surface area contributed by atoms with Gasteiger partial charge in [0.25, 0.3) is 0 Å². The largest absolute Gasteiger partial charge is 0.464 e. The van der Waals surface area contributed by atoms with Crippen LogP contribution in [-0.4, -0.2) is 47.4 Å². The van der Waals surface area contributed by atoms with Gasteiger partial charge in [-0.2, -0.15) is 8.42 Å². The predicted octanol–water partition coefficient (Wildman–Crippen LogP) is -0.870. The molecule has 1 N–H and O–H groups in total. The van der Waals surface area contributed by atoms with E-state index in [-0.39, 0.29) is 12.4 Å². The fraction of sp³-hybridized carbons (Fsp3) is 0.556. The number of ether oxygens (including phenoxy) is 2. The van der Waals surface area contributed by atoms with Gasteiger partial charge in [0, 0.05) is 14.0 Å². The molecule has 104 valence electrons. The summed E-state index contributed by atoms with van der Waals surface area (Å²) >= 11 is 0. The predicted molar refractivity (Wildman–Crippen MR) is 60.7 cm³/mol. The van der Waals surface area contributed by atoms with Crippen LogP contribution in [0.25, 0.3) is 0 Å². The summed E-state index contributed by atoms with van der Waals surface area (Å²) < 4.78 is 35.8. The average molecular weight is 281 g/mol. The van der Waals surface area contributed by atoms with Crippen molar-refractivity contribution in [3.63, 3.8) is 0 Å². The Balaban J connectivity index is 5.52. The highest BCUT2D eigenvalue weighted by atomic mass is 32.2. The van der Waals surface area contributed by atoms with Crippen molar-refractivity contribution >= 4 is 22.0 Å². The molecule has 1 amide bonds. The minimum absolute atomic E-state index is 0.322. The van der Waals surface area contributed by atoms with E-state index < -0.39 is 27.7 Å². The number of rotatable bonds is 6. The van der Waals surface area contributed by atoms with Gasteiger partial charge in [0.2, 0.25) is 5.91 Å². The van der Waals surface area contributed by atoms with Crippen LogP contribution in [0.4, 0.5) is 0 Å². The zero-order chi connectivity index (χ0) is 14.3. The molecule has 0 saturated carbocycles. The standard InChI is InChI=1S/C9H15NO7S/c1-6(11)10-8(9(12)16-3)7(5-15-2)17-18(4,13)14/h5H2,1-4H3,(H,10,11). The Labute approximate surface area is 105 Å². The lowest BCUT2D eigenvalue weighted by Gasteiger charge is -2.13. The van der Waals surface area contributed by atoms with Crippen LogP contribution in [0, 0.1) is 0 Å². The maximum Gasteiger partial charge on any atom is 0.358 e. The lowest BCUT2D eigenvalue weighted by atomic mass is 10.3. The highest BCUT2D eigenvalue weighted by molar-refractivity contribution is 7.86. The number of carbonyl (C=O) groups is 2. The van der Waals surface area contributed by atoms with Gasteiger partial charge in [-0.3, -0.25) is 4.79 Å². The van der Waals surface area contributed by atoms with Crippen LogP contribution in [0.2, 0.25) is 0 Å². The smallest absolute Gasteiger partial charge is 0.358 e. The first-order valence-electron chi connectivity index (χ1n) is 4.68. The molecule has 0 bridgehead atoms. The minimum atomic E-state index is -3.87. The Morgan fingerprint density at radius 1 is 1.22 bits per heavy atom. The van der Waals surface area contributed by atoms with E-state index in [0.29, 0.717) is 0 Å². The third-order valence-corrected chi connectivity index (χ3v) is 2.00. The van der Waals surface area contributed by atoms with Gasteiger partial charge in [-0.1, -0.05) is 0 Å². The number of nitrogens with one attached hydrogen (secondary N) is 1. The van der Waals surface area contributed by atoms with Crippen molar-refractivity contribution in [2.75, 3.05) is 27.1 Å². The first-order chi connectivity index (χ1) is 8.21. The topological polar surface area (TPSA) is 108 Å². The van der Waals surface area contributed by atoms with Crippen molar-refractivity contribution in [2.45, 2.75) is 6.92 Å². The van der Waals surface area contributed by atoms with Crippen LogP contribution in [-0.2, 0) is 33.4 Å². The van der Waals surface area contributed by atoms with Gasteiger partial charge in [-0.05, 0) is 0 Å². The molecule has 8 nitrogen and oxygen atoms in total. The maximum absolute atomic E-state index is 11.4. The molecule has 0 spiro atoms. The second-order valence-corrected chi connectivity index (χ2v) is 4.77. The number of methoxy groups -OCH3 is 2. The molecular weight excluding hydrogens is 266 g/mol. The molecule has 18 heavy (non-hydrogen) atoms. The maximum atomic E-state index is 11.4. The zero-order valence-corrected chi connectivity index (χ0v) is 11.3. The van der Waals surface area contributed by atoms with Crippen molar-refractivity contribution in [1.82, 2.24) is 5.32 Å². The molecule has 0 heterocycles. The van der Waals surface area contributed by atoms with Gasteiger partial charge in [0.05, 0.1) is 13.4 Å². The molecule has 0 rings (SSSR count). The van der Waals surface area contributed by atoms with Crippen LogP contribution in [0.1, 0.15) is 6.92 Å². The third-order valence-electron chi connectivity index (χ3n) is 1.50. The number of hydrogen-bond acceptors (Lipinski definition) is 7. The van der Waals surface area contributed by atoms with Gasteiger partial charge in [0.15, 0.2) is 11.5 Å². The molecule has 9 heteroatoms. The van der Waals surface area contributed by atoms with Crippen molar-refractivity contribution in [3.8, 4) is 0 Å². The van der Waals surface area contributed by atoms with Crippen molar-refractivity contribution in [1.29, 1.82) is 0 Å². The normalized spacial score (nSPS) is 12.4. The highest BCUT2D eigenvalue weighted by Gasteiger charge is 2.22. The fourth-order valence-electron chi connectivity index (χ4n) is 0.964. The summed E-state index contributed by atoms with van der Waals surface area (Å²) in [4.78, 5) is 22.4. The summed E-state index contributed by atoms with van der Waals surface area (Å²) in [5.41, 5.74) is -0.419. The van der Waals surface area contributed by atoms with E-state index in [4.69, 9.17) is 4.74 Å².